The first-order valence-electron chi connectivity index (χ1n) is 8.72. The summed E-state index contributed by atoms with van der Waals surface area (Å²) in [5, 5.41) is 21.2. The zero-order chi connectivity index (χ0) is 20.4. The molecule has 0 aromatic heterocycles. The number of nitrogens with two attached hydrogens (primary N) is 1. The number of carbonyl (C=O) groups excluding carboxylic acids is 4. The lowest BCUT2D eigenvalue weighted by Crippen LogP contribution is -2.53. The van der Waals surface area contributed by atoms with E-state index in [4.69, 9.17) is 5.73 Å². The molecule has 8 heteroatoms. The number of hydrogen-bond acceptors (Lipinski definition) is 6. The Kier molecular flexibility index (Phi) is 4.22. The van der Waals surface area contributed by atoms with Gasteiger partial charge in [-0.05, 0) is 58.9 Å². The molecule has 3 aliphatic carbocycles. The first kappa shape index (κ1) is 18.9. The molecular formula is C20H16INO6. The number of amides is 1. The van der Waals surface area contributed by atoms with Gasteiger partial charge >= 0.3 is 0 Å². The fourth-order valence-corrected chi connectivity index (χ4v) is 5.60. The summed E-state index contributed by atoms with van der Waals surface area (Å²) in [6.45, 7) is 0. The number of allylic oxidation sites excluding steroid dienone is 3. The lowest BCUT2D eigenvalue weighted by atomic mass is 9.55. The molecule has 2 unspecified atom stereocenters. The molecule has 144 valence electrons. The van der Waals surface area contributed by atoms with E-state index in [9.17, 15) is 29.4 Å². The minimum absolute atomic E-state index is 0.0403. The predicted molar refractivity (Wildman–Crippen MR) is 105 cm³/mol. The molecule has 0 heterocycles. The van der Waals surface area contributed by atoms with Crippen molar-refractivity contribution in [1.82, 2.24) is 0 Å². The molecule has 0 fully saturated rings. The highest BCUT2D eigenvalue weighted by Crippen LogP contribution is 2.54. The van der Waals surface area contributed by atoms with E-state index >= 15 is 0 Å². The second-order valence-corrected chi connectivity index (χ2v) is 8.57. The molecule has 1 aromatic rings. The Morgan fingerprint density at radius 1 is 1.25 bits per heavy atom. The van der Waals surface area contributed by atoms with Crippen molar-refractivity contribution in [2.45, 2.75) is 19.3 Å². The van der Waals surface area contributed by atoms with Crippen LogP contribution < -0.4 is 5.73 Å². The summed E-state index contributed by atoms with van der Waals surface area (Å²) < 4.78 is 0.714. The number of fused-ring (bicyclic) bond motifs is 3. The van der Waals surface area contributed by atoms with Gasteiger partial charge in [0.1, 0.15) is 28.8 Å². The van der Waals surface area contributed by atoms with Gasteiger partial charge in [-0.1, -0.05) is 12.1 Å². The second kappa shape index (κ2) is 6.26. The Bertz CT molecular complexity index is 1040. The van der Waals surface area contributed by atoms with Crippen LogP contribution in [0.4, 0.5) is 0 Å². The second-order valence-electron chi connectivity index (χ2n) is 7.41. The van der Waals surface area contributed by atoms with Crippen LogP contribution in [-0.2, 0) is 20.8 Å². The van der Waals surface area contributed by atoms with E-state index < -0.39 is 45.9 Å². The molecule has 0 aliphatic heterocycles. The van der Waals surface area contributed by atoms with Gasteiger partial charge in [0.25, 0.3) is 5.91 Å². The van der Waals surface area contributed by atoms with Gasteiger partial charge in [-0.25, -0.2) is 0 Å². The molecule has 1 amide bonds. The number of aliphatic hydroxyl groups excluding tert-OH is 2. The standard InChI is InChI=1S/C20H16INO6/c21-11-3-1-2-8-4-9-5-10-6-12(24)15(19(22)28)18(27)20(10,7-23)17(26)14(9)16(25)13(8)11/h1-3,7,9-10,24,26H,4-6H2,(H2,22,28)/t9?,10?,20-/m1/s1. The highest BCUT2D eigenvalue weighted by atomic mass is 127. The maximum Gasteiger partial charge on any atom is 0.255 e. The molecule has 3 atom stereocenters. The quantitative estimate of drug-likeness (QED) is 0.250. The molecule has 4 rings (SSSR count). The molecular weight excluding hydrogens is 477 g/mol. The topological polar surface area (TPSA) is 135 Å². The minimum atomic E-state index is -2.07. The van der Waals surface area contributed by atoms with Crippen LogP contribution in [0.1, 0.15) is 28.8 Å². The molecule has 4 N–H and O–H groups in total. The number of primary amides is 1. The van der Waals surface area contributed by atoms with E-state index in [2.05, 4.69) is 0 Å². The van der Waals surface area contributed by atoms with Crippen molar-refractivity contribution in [3.63, 3.8) is 0 Å². The van der Waals surface area contributed by atoms with Gasteiger partial charge in [0.15, 0.2) is 11.6 Å². The fraction of sp³-hybridized carbons (Fsp3) is 0.300. The van der Waals surface area contributed by atoms with Crippen molar-refractivity contribution < 1.29 is 29.4 Å². The van der Waals surface area contributed by atoms with Gasteiger partial charge in [-0.15, -0.1) is 0 Å². The monoisotopic (exact) mass is 493 g/mol. The minimum Gasteiger partial charge on any atom is -0.511 e. The van der Waals surface area contributed by atoms with Gasteiger partial charge in [0.2, 0.25) is 0 Å². The summed E-state index contributed by atoms with van der Waals surface area (Å²) >= 11 is 2.03. The highest BCUT2D eigenvalue weighted by molar-refractivity contribution is 14.1. The SMILES string of the molecule is NC(=O)C1=C(O)CC2CC3Cc4cccc(I)c4C(=O)C3=C(O)[C@]2(C=O)C1=O. The first-order chi connectivity index (χ1) is 13.2. The van der Waals surface area contributed by atoms with Crippen LogP contribution in [0.25, 0.3) is 0 Å². The zero-order valence-electron chi connectivity index (χ0n) is 14.6. The number of aliphatic hydroxyl groups is 2. The van der Waals surface area contributed by atoms with Crippen molar-refractivity contribution in [2.24, 2.45) is 23.0 Å². The van der Waals surface area contributed by atoms with E-state index in [0.29, 0.717) is 15.6 Å². The van der Waals surface area contributed by atoms with Crippen LogP contribution in [0.2, 0.25) is 0 Å². The van der Waals surface area contributed by atoms with Crippen LogP contribution in [0.3, 0.4) is 0 Å². The Labute approximate surface area is 173 Å². The maximum atomic E-state index is 13.2. The summed E-state index contributed by atoms with van der Waals surface area (Å²) in [6, 6.07) is 5.46. The number of carbonyl (C=O) groups is 4. The molecule has 1 aromatic carbocycles. The van der Waals surface area contributed by atoms with E-state index in [1.165, 1.54) is 0 Å². The predicted octanol–water partition coefficient (Wildman–Crippen LogP) is 1.93. The van der Waals surface area contributed by atoms with E-state index in [-0.39, 0.29) is 30.6 Å². The number of aldehydes is 1. The lowest BCUT2D eigenvalue weighted by molar-refractivity contribution is -0.138. The van der Waals surface area contributed by atoms with Crippen LogP contribution in [0, 0.1) is 20.8 Å². The van der Waals surface area contributed by atoms with Crippen LogP contribution in [0.5, 0.6) is 0 Å². The van der Waals surface area contributed by atoms with Gasteiger partial charge < -0.3 is 20.7 Å². The summed E-state index contributed by atoms with van der Waals surface area (Å²) in [4.78, 5) is 50.0. The van der Waals surface area contributed by atoms with Crippen molar-refractivity contribution in [3.05, 3.63) is 55.6 Å². The Balaban J connectivity index is 1.96. The van der Waals surface area contributed by atoms with Crippen molar-refractivity contribution in [1.29, 1.82) is 0 Å². The van der Waals surface area contributed by atoms with Crippen LogP contribution in [-0.4, -0.2) is 34.0 Å². The number of rotatable bonds is 2. The number of Topliss-reactive ketones (excluding diaryl/α,β-unsaturated/α-hetero) is 2. The Morgan fingerprint density at radius 2 is 1.96 bits per heavy atom. The molecule has 0 bridgehead atoms. The molecule has 0 saturated heterocycles. The van der Waals surface area contributed by atoms with E-state index in [0.717, 1.165) is 5.56 Å². The molecule has 0 spiro atoms. The number of ketones is 2. The molecule has 28 heavy (non-hydrogen) atoms. The maximum absolute atomic E-state index is 13.2. The van der Waals surface area contributed by atoms with Crippen molar-refractivity contribution >= 4 is 46.4 Å². The molecule has 7 nitrogen and oxygen atoms in total. The number of hydrogen-bond donors (Lipinski definition) is 3. The smallest absolute Gasteiger partial charge is 0.255 e. The fourth-order valence-electron chi connectivity index (χ4n) is 4.80. The molecule has 0 saturated carbocycles. The third-order valence-corrected chi connectivity index (χ3v) is 6.97. The average molecular weight is 493 g/mol. The van der Waals surface area contributed by atoms with E-state index in [1.807, 2.05) is 34.7 Å². The Hall–Kier alpha value is -2.49. The lowest BCUT2D eigenvalue weighted by Gasteiger charge is -2.45. The van der Waals surface area contributed by atoms with Crippen molar-refractivity contribution in [2.75, 3.05) is 0 Å². The number of halogens is 1. The normalized spacial score (nSPS) is 29.2. The molecule has 0 radical (unpaired) electrons. The molecule has 3 aliphatic rings. The van der Waals surface area contributed by atoms with E-state index in [1.54, 1.807) is 6.07 Å². The third kappa shape index (κ3) is 2.27. The van der Waals surface area contributed by atoms with Crippen molar-refractivity contribution in [3.8, 4) is 0 Å². The summed E-state index contributed by atoms with van der Waals surface area (Å²) in [5.41, 5.74) is 3.79. The summed E-state index contributed by atoms with van der Waals surface area (Å²) in [5.74, 6) is -4.87. The third-order valence-electron chi connectivity index (χ3n) is 6.07. The summed E-state index contributed by atoms with van der Waals surface area (Å²) in [7, 11) is 0. The first-order valence-corrected chi connectivity index (χ1v) is 9.80. The van der Waals surface area contributed by atoms with Gasteiger partial charge in [-0.3, -0.25) is 14.4 Å². The van der Waals surface area contributed by atoms with Gasteiger partial charge in [0, 0.05) is 21.1 Å². The average Bonchev–Trinajstić information content (AvgIpc) is 2.61. The van der Waals surface area contributed by atoms with Gasteiger partial charge in [-0.2, -0.15) is 0 Å². The van der Waals surface area contributed by atoms with Crippen LogP contribution >= 0.6 is 22.6 Å². The highest BCUT2D eigenvalue weighted by Gasteiger charge is 2.60. The zero-order valence-corrected chi connectivity index (χ0v) is 16.7. The largest absolute Gasteiger partial charge is 0.511 e. The van der Waals surface area contributed by atoms with Gasteiger partial charge in [0.05, 0.1) is 0 Å². The van der Waals surface area contributed by atoms with Crippen LogP contribution in [0.15, 0.2) is 40.9 Å². The number of benzene rings is 1. The summed E-state index contributed by atoms with van der Waals surface area (Å²) in [6.07, 6.45) is 0.859. The Morgan fingerprint density at radius 3 is 2.61 bits per heavy atom.